The first-order valence-corrected chi connectivity index (χ1v) is 5.91. The summed E-state index contributed by atoms with van der Waals surface area (Å²) in [6, 6.07) is 8.71. The molecule has 0 amide bonds. The molecule has 0 aliphatic rings. The molecule has 0 spiro atoms. The Hall–Kier alpha value is -0.450. The topological polar surface area (TPSA) is 54.4 Å². The van der Waals surface area contributed by atoms with Gasteiger partial charge in [0.1, 0.15) is 5.75 Å². The number of aromatic hydroxyl groups is 1. The van der Waals surface area contributed by atoms with Gasteiger partial charge in [-0.2, -0.15) is 8.42 Å². The maximum atomic E-state index is 9.16. The lowest BCUT2D eigenvalue weighted by molar-refractivity contribution is 0.475. The molecule has 0 heterocycles. The number of rotatable bonds is 0. The fourth-order valence-electron chi connectivity index (χ4n) is 0.428. The molecule has 1 aromatic carbocycles. The molecule has 1 rings (SSSR count). The van der Waals surface area contributed by atoms with Crippen LogP contribution < -0.4 is 0 Å². The summed E-state index contributed by atoms with van der Waals surface area (Å²) in [4.78, 5) is 0. The molecule has 1 aromatic rings. The van der Waals surface area contributed by atoms with Gasteiger partial charge in [0.25, 0.3) is 0 Å². The highest BCUT2D eigenvalue weighted by Gasteiger charge is 1.88. The summed E-state index contributed by atoms with van der Waals surface area (Å²) in [5.74, 6) is 0.322. The van der Waals surface area contributed by atoms with Crippen LogP contribution in [0, 0.1) is 0 Å². The van der Waals surface area contributed by atoms with Crippen LogP contribution in [-0.4, -0.2) is 13.5 Å². The quantitative estimate of drug-likeness (QED) is 0.693. The van der Waals surface area contributed by atoms with E-state index in [1.165, 1.54) is 0 Å². The van der Waals surface area contributed by atoms with E-state index in [9.17, 15) is 0 Å². The molecular weight excluding hydrogens is 223 g/mol. The number of benzene rings is 1. The molecule has 1 N–H and O–H groups in total. The molecule has 0 unspecified atom stereocenters. The van der Waals surface area contributed by atoms with Crippen LogP contribution in [0.4, 0.5) is 0 Å². The molecule has 0 saturated heterocycles. The van der Waals surface area contributed by atoms with E-state index in [1.54, 1.807) is 24.3 Å². The van der Waals surface area contributed by atoms with Gasteiger partial charge >= 0.3 is 8.26 Å². The molecule has 0 aliphatic carbocycles. The van der Waals surface area contributed by atoms with Crippen molar-refractivity contribution in [1.29, 1.82) is 0 Å². The van der Waals surface area contributed by atoms with Crippen LogP contribution >= 0.6 is 21.4 Å². The van der Waals surface area contributed by atoms with Crippen molar-refractivity contribution >= 4 is 29.6 Å². The monoisotopic (exact) mass is 228 g/mol. The highest BCUT2D eigenvalue weighted by Crippen LogP contribution is 2.02. The van der Waals surface area contributed by atoms with E-state index in [-0.39, 0.29) is 0 Å². The zero-order valence-electron chi connectivity index (χ0n) is 5.81. The van der Waals surface area contributed by atoms with E-state index >= 15 is 0 Å². The summed E-state index contributed by atoms with van der Waals surface area (Å²) in [7, 11) is 4.81. The van der Waals surface area contributed by atoms with E-state index in [0.717, 1.165) is 0 Å². The Kier molecular flexibility index (Phi) is 5.04. The Bertz CT molecular complexity index is 301. The molecule has 12 heavy (non-hydrogen) atoms. The predicted octanol–water partition coefficient (Wildman–Crippen LogP) is 2.10. The lowest BCUT2D eigenvalue weighted by Crippen LogP contribution is -1.63. The average Bonchev–Trinajstić information content (AvgIpc) is 1.85. The van der Waals surface area contributed by atoms with E-state index in [0.29, 0.717) is 5.75 Å². The molecule has 0 fully saturated rings. The second-order valence-electron chi connectivity index (χ2n) is 1.71. The fraction of sp³-hybridized carbons (Fsp3) is 0. The van der Waals surface area contributed by atoms with Gasteiger partial charge in [0.2, 0.25) is 0 Å². The zero-order valence-corrected chi connectivity index (χ0v) is 8.14. The molecule has 0 bridgehead atoms. The number of para-hydroxylation sites is 1. The normalized spacial score (nSPS) is 9.83. The standard InChI is InChI=1S/C6H6O.Cl2O2S/c7-6-4-2-1-3-5-6;1-5(2,3)4/h1-5,7H;. The van der Waals surface area contributed by atoms with Gasteiger partial charge in [0, 0.05) is 21.4 Å². The van der Waals surface area contributed by atoms with E-state index < -0.39 is 8.26 Å². The molecule has 3 nitrogen and oxygen atoms in total. The van der Waals surface area contributed by atoms with Crippen molar-refractivity contribution in [3.63, 3.8) is 0 Å². The summed E-state index contributed by atoms with van der Waals surface area (Å²) in [6.07, 6.45) is 0. The fourth-order valence-corrected chi connectivity index (χ4v) is 0.428. The second kappa shape index (κ2) is 5.24. The van der Waals surface area contributed by atoms with E-state index in [1.807, 2.05) is 6.07 Å². The van der Waals surface area contributed by atoms with Crippen molar-refractivity contribution in [3.8, 4) is 5.75 Å². The summed E-state index contributed by atoms with van der Waals surface area (Å²) in [6.45, 7) is 0. The van der Waals surface area contributed by atoms with Gasteiger partial charge in [-0.25, -0.2) is 0 Å². The lowest BCUT2D eigenvalue weighted by atomic mass is 10.3. The molecular formula is C6H6Cl2O3S. The second-order valence-corrected chi connectivity index (χ2v) is 5.38. The van der Waals surface area contributed by atoms with Crippen LogP contribution in [0.5, 0.6) is 5.75 Å². The number of hydrogen-bond donors (Lipinski definition) is 1. The van der Waals surface area contributed by atoms with Crippen LogP contribution in [0.2, 0.25) is 0 Å². The molecule has 0 atom stereocenters. The Morgan fingerprint density at radius 2 is 1.42 bits per heavy atom. The predicted molar refractivity (Wildman–Crippen MR) is 48.7 cm³/mol. The molecule has 68 valence electrons. The van der Waals surface area contributed by atoms with Crippen LogP contribution in [0.3, 0.4) is 0 Å². The van der Waals surface area contributed by atoms with Gasteiger partial charge in [-0.15, -0.1) is 0 Å². The third-order valence-electron chi connectivity index (χ3n) is 0.756. The third kappa shape index (κ3) is 12.2. The Balaban J connectivity index is 0.000000217. The number of phenols is 1. The lowest BCUT2D eigenvalue weighted by Gasteiger charge is -1.82. The number of hydrogen-bond acceptors (Lipinski definition) is 3. The van der Waals surface area contributed by atoms with Crippen molar-refractivity contribution < 1.29 is 13.5 Å². The van der Waals surface area contributed by atoms with Crippen LogP contribution in [0.15, 0.2) is 30.3 Å². The van der Waals surface area contributed by atoms with Crippen molar-refractivity contribution in [2.45, 2.75) is 0 Å². The van der Waals surface area contributed by atoms with Gasteiger partial charge in [-0.3, -0.25) is 0 Å². The van der Waals surface area contributed by atoms with Crippen molar-refractivity contribution in [2.24, 2.45) is 0 Å². The minimum atomic E-state index is -3.72. The summed E-state index contributed by atoms with van der Waals surface area (Å²) in [5.41, 5.74) is 0. The zero-order chi connectivity index (χ0) is 9.61. The van der Waals surface area contributed by atoms with Crippen molar-refractivity contribution in [1.82, 2.24) is 0 Å². The average molecular weight is 229 g/mol. The number of phenolic OH excluding ortho intramolecular Hbond substituents is 1. The maximum absolute atomic E-state index is 9.16. The van der Waals surface area contributed by atoms with Gasteiger partial charge in [-0.05, 0) is 12.1 Å². The molecule has 0 radical (unpaired) electrons. The van der Waals surface area contributed by atoms with Gasteiger partial charge < -0.3 is 5.11 Å². The van der Waals surface area contributed by atoms with Gasteiger partial charge in [0.05, 0.1) is 0 Å². The Morgan fingerprint density at radius 1 is 1.08 bits per heavy atom. The summed E-state index contributed by atoms with van der Waals surface area (Å²) < 4.78 is 18.3. The van der Waals surface area contributed by atoms with Crippen LogP contribution in [0.1, 0.15) is 0 Å². The van der Waals surface area contributed by atoms with Gasteiger partial charge in [-0.1, -0.05) is 18.2 Å². The summed E-state index contributed by atoms with van der Waals surface area (Å²) >= 11 is 0. The van der Waals surface area contributed by atoms with Crippen molar-refractivity contribution in [3.05, 3.63) is 30.3 Å². The van der Waals surface area contributed by atoms with E-state index in [2.05, 4.69) is 21.4 Å². The minimum absolute atomic E-state index is 0.322. The Labute approximate surface area is 79.5 Å². The molecule has 0 saturated carbocycles. The smallest absolute Gasteiger partial charge is 0.317 e. The van der Waals surface area contributed by atoms with Crippen molar-refractivity contribution in [2.75, 3.05) is 0 Å². The molecule has 0 aromatic heterocycles. The van der Waals surface area contributed by atoms with Crippen LogP contribution in [-0.2, 0) is 8.26 Å². The van der Waals surface area contributed by atoms with Gasteiger partial charge in [0.15, 0.2) is 0 Å². The van der Waals surface area contributed by atoms with E-state index in [4.69, 9.17) is 13.5 Å². The largest absolute Gasteiger partial charge is 0.508 e. The highest BCUT2D eigenvalue weighted by molar-refractivity contribution is 8.31. The summed E-state index contributed by atoms with van der Waals surface area (Å²) in [5, 5.41) is 8.63. The maximum Gasteiger partial charge on any atom is 0.317 e. The van der Waals surface area contributed by atoms with Crippen LogP contribution in [0.25, 0.3) is 0 Å². The minimum Gasteiger partial charge on any atom is -0.508 e. The SMILES string of the molecule is O=S(=O)(Cl)Cl.Oc1ccccc1. The molecule has 0 aliphatic heterocycles. The number of halogens is 2. The first kappa shape index (κ1) is 11.6. The first-order chi connectivity index (χ1) is 5.39. The highest BCUT2D eigenvalue weighted by atomic mass is 36.0. The first-order valence-electron chi connectivity index (χ1n) is 2.78. The molecule has 6 heteroatoms. The third-order valence-corrected chi connectivity index (χ3v) is 0.756. The Morgan fingerprint density at radius 3 is 1.58 bits per heavy atom.